The van der Waals surface area contributed by atoms with E-state index in [1.807, 2.05) is 33.3 Å². The number of ether oxygens (including phenoxy) is 1. The molecule has 0 bridgehead atoms. The molecule has 0 aromatic carbocycles. The predicted octanol–water partition coefficient (Wildman–Crippen LogP) is 2.07. The smallest absolute Gasteiger partial charge is 0.227 e. The van der Waals surface area contributed by atoms with Crippen molar-refractivity contribution in [1.29, 1.82) is 0 Å². The highest BCUT2D eigenvalue weighted by atomic mass is 32.2. The van der Waals surface area contributed by atoms with Gasteiger partial charge >= 0.3 is 0 Å². The van der Waals surface area contributed by atoms with Crippen molar-refractivity contribution in [3.8, 4) is 11.8 Å². The lowest BCUT2D eigenvalue weighted by atomic mass is 10.5. The summed E-state index contributed by atoms with van der Waals surface area (Å²) in [5.74, 6) is 1.88. The van der Waals surface area contributed by atoms with Gasteiger partial charge in [-0.3, -0.25) is 0 Å². The highest BCUT2D eigenvalue weighted by Crippen LogP contribution is 2.24. The molecule has 0 saturated heterocycles. The van der Waals surface area contributed by atoms with Gasteiger partial charge in [-0.25, -0.2) is 9.67 Å². The van der Waals surface area contributed by atoms with Crippen LogP contribution in [0.5, 0.6) is 11.8 Å². The van der Waals surface area contributed by atoms with Gasteiger partial charge in [-0.15, -0.1) is 0 Å². The minimum Gasteiger partial charge on any atom is -0.421 e. The van der Waals surface area contributed by atoms with Gasteiger partial charge in [0.25, 0.3) is 0 Å². The summed E-state index contributed by atoms with van der Waals surface area (Å²) in [6.45, 7) is 1.92. The predicted molar refractivity (Wildman–Crippen MR) is 71.4 cm³/mol. The number of thioether (sulfide) groups is 1. The quantitative estimate of drug-likeness (QED) is 0.674. The van der Waals surface area contributed by atoms with Crippen molar-refractivity contribution in [2.24, 2.45) is 7.05 Å². The number of hydrogen-bond acceptors (Lipinski definition) is 6. The number of nitrogens with zero attached hydrogens (tertiary/aromatic N) is 4. The molecule has 0 spiro atoms. The van der Waals surface area contributed by atoms with Crippen LogP contribution in [0.3, 0.4) is 0 Å². The van der Waals surface area contributed by atoms with Crippen molar-refractivity contribution in [1.82, 2.24) is 19.7 Å². The minimum atomic E-state index is 0.502. The molecule has 0 amide bonds. The average molecular weight is 265 g/mol. The molecule has 0 aliphatic rings. The summed E-state index contributed by atoms with van der Waals surface area (Å²) in [7, 11) is 3.64. The fraction of sp³-hybridized carbons (Fsp3) is 0.364. The van der Waals surface area contributed by atoms with Crippen LogP contribution in [0.15, 0.2) is 17.3 Å². The second-order valence-electron chi connectivity index (χ2n) is 3.68. The zero-order valence-corrected chi connectivity index (χ0v) is 11.6. The Hall–Kier alpha value is -1.76. The summed E-state index contributed by atoms with van der Waals surface area (Å²) < 4.78 is 7.39. The van der Waals surface area contributed by atoms with E-state index in [9.17, 15) is 0 Å². The zero-order valence-electron chi connectivity index (χ0n) is 10.8. The summed E-state index contributed by atoms with van der Waals surface area (Å²) in [5, 5.41) is 7.86. The fourth-order valence-electron chi connectivity index (χ4n) is 1.46. The van der Waals surface area contributed by atoms with Gasteiger partial charge in [-0.1, -0.05) is 11.8 Å². The number of anilines is 1. The van der Waals surface area contributed by atoms with Gasteiger partial charge in [0.15, 0.2) is 5.16 Å². The molecule has 18 heavy (non-hydrogen) atoms. The SMILES string of the molecule is CNc1cc(Oc2cc(C)nn2C)nc(SC)n1. The van der Waals surface area contributed by atoms with Gasteiger partial charge in [0.2, 0.25) is 11.8 Å². The molecule has 2 heterocycles. The van der Waals surface area contributed by atoms with Gasteiger partial charge in [0.05, 0.1) is 5.69 Å². The second-order valence-corrected chi connectivity index (χ2v) is 4.45. The van der Waals surface area contributed by atoms with E-state index in [1.165, 1.54) is 11.8 Å². The molecular formula is C11H15N5OS. The Morgan fingerprint density at radius 1 is 1.33 bits per heavy atom. The van der Waals surface area contributed by atoms with E-state index in [-0.39, 0.29) is 0 Å². The third kappa shape index (κ3) is 2.73. The highest BCUT2D eigenvalue weighted by Gasteiger charge is 2.08. The Balaban J connectivity index is 2.30. The van der Waals surface area contributed by atoms with Gasteiger partial charge in [0.1, 0.15) is 5.82 Å². The summed E-state index contributed by atoms with van der Waals surface area (Å²) >= 11 is 1.47. The van der Waals surface area contributed by atoms with Crippen molar-refractivity contribution in [3.63, 3.8) is 0 Å². The first-order chi connectivity index (χ1) is 8.62. The summed E-state index contributed by atoms with van der Waals surface area (Å²) in [4.78, 5) is 8.57. The maximum absolute atomic E-state index is 5.71. The molecule has 0 saturated carbocycles. The minimum absolute atomic E-state index is 0.502. The molecule has 2 aromatic heterocycles. The van der Waals surface area contributed by atoms with Crippen LogP contribution < -0.4 is 10.1 Å². The fourth-order valence-corrected chi connectivity index (χ4v) is 1.84. The summed E-state index contributed by atoms with van der Waals surface area (Å²) in [6, 6.07) is 3.61. The Morgan fingerprint density at radius 2 is 2.11 bits per heavy atom. The zero-order chi connectivity index (χ0) is 13.1. The molecule has 0 unspecified atom stereocenters. The van der Waals surface area contributed by atoms with Gasteiger partial charge in [-0.05, 0) is 13.2 Å². The lowest BCUT2D eigenvalue weighted by molar-refractivity contribution is 0.410. The van der Waals surface area contributed by atoms with E-state index in [0.717, 1.165) is 11.5 Å². The van der Waals surface area contributed by atoms with Crippen LogP contribution >= 0.6 is 11.8 Å². The van der Waals surface area contributed by atoms with Gasteiger partial charge < -0.3 is 10.1 Å². The van der Waals surface area contributed by atoms with Crippen LogP contribution in [-0.4, -0.2) is 33.1 Å². The van der Waals surface area contributed by atoms with Crippen LogP contribution in [0.25, 0.3) is 0 Å². The molecule has 2 aromatic rings. The lowest BCUT2D eigenvalue weighted by Crippen LogP contribution is -2.00. The molecular weight excluding hydrogens is 250 g/mol. The normalized spacial score (nSPS) is 10.4. The van der Waals surface area contributed by atoms with Crippen molar-refractivity contribution >= 4 is 17.6 Å². The van der Waals surface area contributed by atoms with E-state index < -0.39 is 0 Å². The average Bonchev–Trinajstić information content (AvgIpc) is 2.67. The molecule has 7 heteroatoms. The van der Waals surface area contributed by atoms with Gasteiger partial charge in [-0.2, -0.15) is 10.1 Å². The van der Waals surface area contributed by atoms with Gasteiger partial charge in [0, 0.05) is 26.2 Å². The van der Waals surface area contributed by atoms with Crippen LogP contribution in [0.2, 0.25) is 0 Å². The summed E-state index contributed by atoms with van der Waals surface area (Å²) in [5.41, 5.74) is 0.903. The van der Waals surface area contributed by atoms with Crippen molar-refractivity contribution in [3.05, 3.63) is 17.8 Å². The van der Waals surface area contributed by atoms with Crippen LogP contribution in [0.4, 0.5) is 5.82 Å². The molecule has 0 radical (unpaired) electrons. The number of aryl methyl sites for hydroxylation is 2. The Bertz CT molecular complexity index is 532. The Kier molecular flexibility index (Phi) is 3.71. The first kappa shape index (κ1) is 12.7. The van der Waals surface area contributed by atoms with Crippen molar-refractivity contribution in [2.75, 3.05) is 18.6 Å². The largest absolute Gasteiger partial charge is 0.421 e. The van der Waals surface area contributed by atoms with E-state index in [1.54, 1.807) is 10.7 Å². The molecule has 6 nitrogen and oxygen atoms in total. The third-order valence-corrected chi connectivity index (χ3v) is 2.84. The molecule has 1 N–H and O–H groups in total. The molecule has 0 aliphatic heterocycles. The van der Waals surface area contributed by atoms with Crippen molar-refractivity contribution < 1.29 is 4.74 Å². The van der Waals surface area contributed by atoms with Crippen LogP contribution in [0, 0.1) is 6.92 Å². The first-order valence-electron chi connectivity index (χ1n) is 5.41. The standard InChI is InChI=1S/C11H15N5OS/c1-7-5-10(16(3)15-7)17-9-6-8(12-2)13-11(14-9)18-4/h5-6H,1-4H3,(H,12,13,14). The number of nitrogens with one attached hydrogen (secondary N) is 1. The topological polar surface area (TPSA) is 64.9 Å². The summed E-state index contributed by atoms with van der Waals surface area (Å²) in [6.07, 6.45) is 1.92. The first-order valence-corrected chi connectivity index (χ1v) is 6.64. The van der Waals surface area contributed by atoms with Crippen LogP contribution in [-0.2, 0) is 7.05 Å². The number of hydrogen-bond donors (Lipinski definition) is 1. The number of rotatable bonds is 4. The number of aromatic nitrogens is 4. The maximum Gasteiger partial charge on any atom is 0.227 e. The Labute approximate surface area is 110 Å². The highest BCUT2D eigenvalue weighted by molar-refractivity contribution is 7.98. The van der Waals surface area contributed by atoms with E-state index >= 15 is 0 Å². The van der Waals surface area contributed by atoms with E-state index in [0.29, 0.717) is 16.9 Å². The lowest BCUT2D eigenvalue weighted by Gasteiger charge is -2.07. The maximum atomic E-state index is 5.71. The van der Waals surface area contributed by atoms with E-state index in [2.05, 4.69) is 20.4 Å². The monoisotopic (exact) mass is 265 g/mol. The molecule has 96 valence electrons. The Morgan fingerprint density at radius 3 is 2.67 bits per heavy atom. The van der Waals surface area contributed by atoms with Crippen LogP contribution in [0.1, 0.15) is 5.69 Å². The molecule has 0 aliphatic carbocycles. The molecule has 0 atom stereocenters. The third-order valence-electron chi connectivity index (χ3n) is 2.29. The second kappa shape index (κ2) is 5.26. The van der Waals surface area contributed by atoms with Crippen molar-refractivity contribution in [2.45, 2.75) is 12.1 Å². The van der Waals surface area contributed by atoms with E-state index in [4.69, 9.17) is 4.74 Å². The molecule has 0 fully saturated rings. The molecule has 2 rings (SSSR count).